The lowest BCUT2D eigenvalue weighted by atomic mass is 10.1. The Kier molecular flexibility index (Phi) is 2.52. The molecular weight excluding hydrogens is 226 g/mol. The average Bonchev–Trinajstić information content (AvgIpc) is 2.92. The van der Waals surface area contributed by atoms with Crippen molar-refractivity contribution in [2.75, 3.05) is 7.11 Å². The Balaban J connectivity index is 2.22. The average molecular weight is 239 g/mol. The first kappa shape index (κ1) is 10.8. The second kappa shape index (κ2) is 4.18. The van der Waals surface area contributed by atoms with E-state index in [0.717, 1.165) is 33.7 Å². The number of nitrogens with zero attached hydrogens (tertiary/aromatic N) is 1. The number of furan rings is 1. The molecule has 0 aliphatic rings. The van der Waals surface area contributed by atoms with Gasteiger partial charge in [0.2, 0.25) is 0 Å². The summed E-state index contributed by atoms with van der Waals surface area (Å²) in [5.74, 6) is 1.63. The molecule has 2 heterocycles. The zero-order valence-electron chi connectivity index (χ0n) is 10.3. The highest BCUT2D eigenvalue weighted by Crippen LogP contribution is 2.27. The van der Waals surface area contributed by atoms with E-state index in [2.05, 4.69) is 11.9 Å². The van der Waals surface area contributed by atoms with Crippen molar-refractivity contribution in [1.29, 1.82) is 0 Å². The van der Waals surface area contributed by atoms with E-state index < -0.39 is 0 Å². The molecule has 0 amide bonds. The van der Waals surface area contributed by atoms with E-state index in [1.54, 1.807) is 13.4 Å². The smallest absolute Gasteiger partial charge is 0.152 e. The zero-order chi connectivity index (χ0) is 12.5. The molecule has 0 aliphatic carbocycles. The maximum absolute atomic E-state index is 5.38. The Morgan fingerprint density at radius 3 is 2.78 bits per heavy atom. The van der Waals surface area contributed by atoms with Crippen LogP contribution in [-0.2, 0) is 0 Å². The number of aryl methyl sites for hydroxylation is 1. The van der Waals surface area contributed by atoms with Crippen LogP contribution in [0.25, 0.3) is 22.4 Å². The molecule has 0 saturated carbocycles. The van der Waals surface area contributed by atoms with Gasteiger partial charge in [-0.1, -0.05) is 0 Å². The van der Waals surface area contributed by atoms with Crippen molar-refractivity contribution in [1.82, 2.24) is 4.98 Å². The maximum atomic E-state index is 5.38. The van der Waals surface area contributed by atoms with Gasteiger partial charge in [-0.25, -0.2) is 4.98 Å². The molecule has 90 valence electrons. The van der Waals surface area contributed by atoms with Gasteiger partial charge in [0.25, 0.3) is 0 Å². The van der Waals surface area contributed by atoms with E-state index in [0.29, 0.717) is 0 Å². The molecule has 2 aromatic heterocycles. The first-order valence-electron chi connectivity index (χ1n) is 5.77. The number of aromatic nitrogens is 1. The molecule has 0 saturated heterocycles. The predicted molar refractivity (Wildman–Crippen MR) is 70.7 cm³/mol. The third-order valence-corrected chi connectivity index (χ3v) is 3.00. The number of hydrogen-bond acceptors (Lipinski definition) is 3. The molecule has 18 heavy (non-hydrogen) atoms. The van der Waals surface area contributed by atoms with Crippen LogP contribution in [-0.4, -0.2) is 12.1 Å². The van der Waals surface area contributed by atoms with Gasteiger partial charge >= 0.3 is 0 Å². The normalized spacial score (nSPS) is 10.8. The lowest BCUT2D eigenvalue weighted by Crippen LogP contribution is -1.89. The molecule has 3 aromatic rings. The number of benzene rings is 1. The minimum Gasteiger partial charge on any atom is -0.497 e. The fourth-order valence-corrected chi connectivity index (χ4v) is 2.05. The molecule has 0 spiro atoms. The Labute approximate surface area is 105 Å². The van der Waals surface area contributed by atoms with Gasteiger partial charge < -0.3 is 9.15 Å². The molecule has 0 atom stereocenters. The fourth-order valence-electron chi connectivity index (χ4n) is 2.05. The first-order chi connectivity index (χ1) is 8.78. The molecule has 0 unspecified atom stereocenters. The molecule has 3 heteroatoms. The Hall–Kier alpha value is -2.29. The Morgan fingerprint density at radius 1 is 1.17 bits per heavy atom. The second-order valence-electron chi connectivity index (χ2n) is 4.18. The van der Waals surface area contributed by atoms with Crippen molar-refractivity contribution in [2.45, 2.75) is 6.92 Å². The molecule has 0 aliphatic heterocycles. The minimum absolute atomic E-state index is 0.788. The monoisotopic (exact) mass is 239 g/mol. The third-order valence-electron chi connectivity index (χ3n) is 3.00. The van der Waals surface area contributed by atoms with Crippen molar-refractivity contribution in [3.05, 3.63) is 48.2 Å². The Morgan fingerprint density at radius 2 is 2.06 bits per heavy atom. The van der Waals surface area contributed by atoms with Crippen molar-refractivity contribution >= 4 is 10.9 Å². The number of pyridine rings is 1. The van der Waals surface area contributed by atoms with E-state index in [9.17, 15) is 0 Å². The van der Waals surface area contributed by atoms with Gasteiger partial charge in [-0.05, 0) is 48.9 Å². The number of hydrogen-bond donors (Lipinski definition) is 0. The summed E-state index contributed by atoms with van der Waals surface area (Å²) in [6, 6.07) is 11.7. The van der Waals surface area contributed by atoms with E-state index >= 15 is 0 Å². The molecule has 3 rings (SSSR count). The second-order valence-corrected chi connectivity index (χ2v) is 4.18. The molecular formula is C15H13NO2. The summed E-state index contributed by atoms with van der Waals surface area (Å²) < 4.78 is 10.6. The number of fused-ring (bicyclic) bond motifs is 1. The predicted octanol–water partition coefficient (Wildman–Crippen LogP) is 3.81. The van der Waals surface area contributed by atoms with Crippen LogP contribution >= 0.6 is 0 Å². The summed E-state index contributed by atoms with van der Waals surface area (Å²) >= 11 is 0. The van der Waals surface area contributed by atoms with E-state index in [-0.39, 0.29) is 0 Å². The van der Waals surface area contributed by atoms with Crippen LogP contribution in [0, 0.1) is 6.92 Å². The van der Waals surface area contributed by atoms with Crippen LogP contribution in [0.4, 0.5) is 0 Å². The summed E-state index contributed by atoms with van der Waals surface area (Å²) in [6.45, 7) is 2.07. The molecule has 0 N–H and O–H groups in total. The number of rotatable bonds is 2. The molecule has 0 radical (unpaired) electrons. The summed E-state index contributed by atoms with van der Waals surface area (Å²) in [5.41, 5.74) is 2.96. The molecule has 1 aromatic carbocycles. The lowest BCUT2D eigenvalue weighted by Gasteiger charge is -2.06. The third kappa shape index (κ3) is 1.74. The van der Waals surface area contributed by atoms with Crippen LogP contribution in [0.5, 0.6) is 5.75 Å². The molecule has 3 nitrogen and oxygen atoms in total. The SMILES string of the molecule is COc1ccc2nc(-c3ccco3)cc(C)c2c1. The van der Waals surface area contributed by atoms with Gasteiger partial charge in [-0.2, -0.15) is 0 Å². The highest BCUT2D eigenvalue weighted by Gasteiger charge is 2.07. The zero-order valence-corrected chi connectivity index (χ0v) is 10.3. The number of ether oxygens (including phenoxy) is 1. The van der Waals surface area contributed by atoms with E-state index in [1.807, 2.05) is 36.4 Å². The molecule has 0 fully saturated rings. The van der Waals surface area contributed by atoms with Crippen LogP contribution in [0.1, 0.15) is 5.56 Å². The highest BCUT2D eigenvalue weighted by atomic mass is 16.5. The summed E-state index contributed by atoms with van der Waals surface area (Å²) in [5, 5.41) is 1.10. The van der Waals surface area contributed by atoms with Crippen molar-refractivity contribution in [3.8, 4) is 17.2 Å². The van der Waals surface area contributed by atoms with Crippen LogP contribution in [0.3, 0.4) is 0 Å². The minimum atomic E-state index is 0.788. The van der Waals surface area contributed by atoms with E-state index in [4.69, 9.17) is 9.15 Å². The highest BCUT2D eigenvalue weighted by molar-refractivity contribution is 5.85. The first-order valence-corrected chi connectivity index (χ1v) is 5.77. The van der Waals surface area contributed by atoms with Crippen molar-refractivity contribution in [3.63, 3.8) is 0 Å². The van der Waals surface area contributed by atoms with Crippen LogP contribution in [0.2, 0.25) is 0 Å². The topological polar surface area (TPSA) is 35.3 Å². The van der Waals surface area contributed by atoms with Gasteiger partial charge in [-0.15, -0.1) is 0 Å². The van der Waals surface area contributed by atoms with E-state index in [1.165, 1.54) is 0 Å². The van der Waals surface area contributed by atoms with Crippen molar-refractivity contribution in [2.24, 2.45) is 0 Å². The standard InChI is InChI=1S/C15H13NO2/c1-10-8-14(15-4-3-7-18-15)16-13-6-5-11(17-2)9-12(10)13/h3-9H,1-2H3. The maximum Gasteiger partial charge on any atom is 0.152 e. The van der Waals surface area contributed by atoms with Gasteiger partial charge in [-0.3, -0.25) is 0 Å². The van der Waals surface area contributed by atoms with Gasteiger partial charge in [0.1, 0.15) is 11.4 Å². The largest absolute Gasteiger partial charge is 0.497 e. The van der Waals surface area contributed by atoms with Crippen LogP contribution in [0.15, 0.2) is 47.1 Å². The summed E-state index contributed by atoms with van der Waals surface area (Å²) in [4.78, 5) is 4.60. The van der Waals surface area contributed by atoms with Gasteiger partial charge in [0.05, 0.1) is 18.9 Å². The quantitative estimate of drug-likeness (QED) is 0.682. The number of methoxy groups -OCH3 is 1. The fraction of sp³-hybridized carbons (Fsp3) is 0.133. The lowest BCUT2D eigenvalue weighted by molar-refractivity contribution is 0.415. The van der Waals surface area contributed by atoms with Crippen molar-refractivity contribution < 1.29 is 9.15 Å². The van der Waals surface area contributed by atoms with Gasteiger partial charge in [0.15, 0.2) is 5.76 Å². The Bertz CT molecular complexity index is 687. The summed E-state index contributed by atoms with van der Waals surface area (Å²) in [7, 11) is 1.67. The summed E-state index contributed by atoms with van der Waals surface area (Å²) in [6.07, 6.45) is 1.66. The van der Waals surface area contributed by atoms with Gasteiger partial charge in [0, 0.05) is 5.39 Å². The molecule has 0 bridgehead atoms. The van der Waals surface area contributed by atoms with Crippen LogP contribution < -0.4 is 4.74 Å².